The van der Waals surface area contributed by atoms with Crippen molar-refractivity contribution >= 4 is 15.7 Å². The maximum Gasteiger partial charge on any atom is 0.223 e. The molecule has 0 spiro atoms. The fraction of sp³-hybridized carbons (Fsp3) is 0.909. The molecule has 3 N–H and O–H groups in total. The van der Waals surface area contributed by atoms with Crippen LogP contribution in [-0.2, 0) is 14.6 Å². The number of nitrogens with zero attached hydrogens (tertiary/aromatic N) is 1. The molecule has 0 bridgehead atoms. The Morgan fingerprint density at radius 3 is 2.67 bits per heavy atom. The lowest BCUT2D eigenvalue weighted by atomic mass is 10.1. The van der Waals surface area contributed by atoms with Crippen LogP contribution in [0.4, 0.5) is 0 Å². The highest BCUT2D eigenvalue weighted by atomic mass is 32.2. The second kappa shape index (κ2) is 6.49. The van der Waals surface area contributed by atoms with Gasteiger partial charge in [-0.3, -0.25) is 4.79 Å². The van der Waals surface area contributed by atoms with Gasteiger partial charge in [0.05, 0.1) is 18.1 Å². The molecule has 106 valence electrons. The van der Waals surface area contributed by atoms with E-state index >= 15 is 0 Å². The van der Waals surface area contributed by atoms with Gasteiger partial charge in [-0.1, -0.05) is 6.92 Å². The summed E-state index contributed by atoms with van der Waals surface area (Å²) in [7, 11) is -3.03. The van der Waals surface area contributed by atoms with E-state index in [1.165, 1.54) is 4.90 Å². The summed E-state index contributed by atoms with van der Waals surface area (Å²) in [6.07, 6.45) is 0.762. The van der Waals surface area contributed by atoms with E-state index in [4.69, 9.17) is 10.8 Å². The number of nitrogens with two attached hydrogens (primary N) is 1. The van der Waals surface area contributed by atoms with Crippen molar-refractivity contribution in [3.05, 3.63) is 0 Å². The lowest BCUT2D eigenvalue weighted by Crippen LogP contribution is -2.43. The molecule has 0 aromatic rings. The van der Waals surface area contributed by atoms with Gasteiger partial charge in [0.25, 0.3) is 0 Å². The lowest BCUT2D eigenvalue weighted by Gasteiger charge is -2.28. The average Bonchev–Trinajstić information content (AvgIpc) is 2.65. The number of hydrogen-bond donors (Lipinski definition) is 2. The topological polar surface area (TPSA) is 101 Å². The van der Waals surface area contributed by atoms with E-state index in [0.29, 0.717) is 19.4 Å². The van der Waals surface area contributed by atoms with Crippen LogP contribution in [-0.4, -0.2) is 61.6 Å². The van der Waals surface area contributed by atoms with E-state index in [1.54, 1.807) is 0 Å². The Kier molecular flexibility index (Phi) is 5.55. The summed E-state index contributed by atoms with van der Waals surface area (Å²) in [5, 5.41) is 9.00. The molecule has 1 fully saturated rings. The molecular weight excluding hydrogens is 256 g/mol. The van der Waals surface area contributed by atoms with Crippen molar-refractivity contribution in [2.45, 2.75) is 25.8 Å². The van der Waals surface area contributed by atoms with Gasteiger partial charge in [-0.25, -0.2) is 8.42 Å². The predicted octanol–water partition coefficient (Wildman–Crippen LogP) is -1.02. The molecule has 1 aliphatic rings. The number of carbonyl (C=O) groups excluding carboxylic acids is 1. The van der Waals surface area contributed by atoms with E-state index in [0.717, 1.165) is 0 Å². The smallest absolute Gasteiger partial charge is 0.223 e. The van der Waals surface area contributed by atoms with Crippen molar-refractivity contribution in [1.29, 1.82) is 0 Å². The third-order valence-electron chi connectivity index (χ3n) is 3.24. The molecule has 7 heteroatoms. The SMILES string of the molecule is CC(CN)CC(=O)N(CCO)C1CCS(=O)(=O)C1. The van der Waals surface area contributed by atoms with Crippen molar-refractivity contribution in [3.8, 4) is 0 Å². The standard InChI is InChI=1S/C11H22N2O4S/c1-9(7-12)6-11(15)13(3-4-14)10-2-5-18(16,17)8-10/h9-10,14H,2-8,12H2,1H3. The summed E-state index contributed by atoms with van der Waals surface area (Å²) < 4.78 is 22.9. The summed E-state index contributed by atoms with van der Waals surface area (Å²) in [6, 6.07) is -0.292. The average molecular weight is 278 g/mol. The number of amides is 1. The normalized spacial score (nSPS) is 23.8. The fourth-order valence-electron chi connectivity index (χ4n) is 2.14. The zero-order valence-electron chi connectivity index (χ0n) is 10.7. The molecule has 1 amide bonds. The predicted molar refractivity (Wildman–Crippen MR) is 68.7 cm³/mol. The first-order valence-corrected chi connectivity index (χ1v) is 8.02. The molecule has 0 saturated carbocycles. The van der Waals surface area contributed by atoms with Crippen molar-refractivity contribution < 1.29 is 18.3 Å². The van der Waals surface area contributed by atoms with Gasteiger partial charge in [0.1, 0.15) is 0 Å². The van der Waals surface area contributed by atoms with Crippen LogP contribution >= 0.6 is 0 Å². The minimum Gasteiger partial charge on any atom is -0.395 e. The van der Waals surface area contributed by atoms with E-state index in [1.807, 2.05) is 6.92 Å². The molecule has 18 heavy (non-hydrogen) atoms. The largest absolute Gasteiger partial charge is 0.395 e. The Morgan fingerprint density at radius 2 is 2.22 bits per heavy atom. The van der Waals surface area contributed by atoms with Crippen LogP contribution in [0.5, 0.6) is 0 Å². The fourth-order valence-corrected chi connectivity index (χ4v) is 3.87. The monoisotopic (exact) mass is 278 g/mol. The number of hydrogen-bond acceptors (Lipinski definition) is 5. The first kappa shape index (κ1) is 15.4. The van der Waals surface area contributed by atoms with Crippen LogP contribution in [0.1, 0.15) is 19.8 Å². The van der Waals surface area contributed by atoms with Gasteiger partial charge in [0, 0.05) is 19.0 Å². The molecule has 1 heterocycles. The second-order valence-corrected chi connectivity index (χ2v) is 7.14. The maximum absolute atomic E-state index is 12.1. The Hall–Kier alpha value is -0.660. The Balaban J connectivity index is 2.68. The number of aliphatic hydroxyl groups is 1. The van der Waals surface area contributed by atoms with Crippen molar-refractivity contribution in [1.82, 2.24) is 4.90 Å². The number of aliphatic hydroxyl groups excluding tert-OH is 1. The first-order chi connectivity index (χ1) is 8.39. The third-order valence-corrected chi connectivity index (χ3v) is 4.99. The molecule has 6 nitrogen and oxygen atoms in total. The molecule has 2 atom stereocenters. The molecule has 2 unspecified atom stereocenters. The highest BCUT2D eigenvalue weighted by Crippen LogP contribution is 2.19. The molecular formula is C11H22N2O4S. The second-order valence-electron chi connectivity index (χ2n) is 4.91. The highest BCUT2D eigenvalue weighted by Gasteiger charge is 2.34. The van der Waals surface area contributed by atoms with Crippen molar-refractivity contribution in [2.24, 2.45) is 11.7 Å². The van der Waals surface area contributed by atoms with Crippen LogP contribution in [0.25, 0.3) is 0 Å². The van der Waals surface area contributed by atoms with Gasteiger partial charge >= 0.3 is 0 Å². The summed E-state index contributed by atoms with van der Waals surface area (Å²) in [5.41, 5.74) is 5.47. The molecule has 0 aromatic heterocycles. The summed E-state index contributed by atoms with van der Waals surface area (Å²) in [5.74, 6) is 0.0792. The molecule has 1 saturated heterocycles. The molecule has 1 rings (SSSR count). The minimum atomic E-state index is -3.03. The first-order valence-electron chi connectivity index (χ1n) is 6.20. The Morgan fingerprint density at radius 1 is 1.56 bits per heavy atom. The zero-order valence-corrected chi connectivity index (χ0v) is 11.5. The van der Waals surface area contributed by atoms with Crippen molar-refractivity contribution in [2.75, 3.05) is 31.2 Å². The van der Waals surface area contributed by atoms with E-state index in [9.17, 15) is 13.2 Å². The highest BCUT2D eigenvalue weighted by molar-refractivity contribution is 7.91. The number of carbonyl (C=O) groups is 1. The summed E-state index contributed by atoms with van der Waals surface area (Å²) in [6.45, 7) is 2.33. The van der Waals surface area contributed by atoms with Gasteiger partial charge in [-0.15, -0.1) is 0 Å². The van der Waals surface area contributed by atoms with E-state index in [-0.39, 0.29) is 42.5 Å². The minimum absolute atomic E-state index is 0.00967. The lowest BCUT2D eigenvalue weighted by molar-refractivity contribution is -0.134. The molecule has 0 aromatic carbocycles. The molecule has 0 radical (unpaired) electrons. The van der Waals surface area contributed by atoms with Crippen LogP contribution in [0.3, 0.4) is 0 Å². The van der Waals surface area contributed by atoms with Gasteiger partial charge in [0.2, 0.25) is 5.91 Å². The molecule has 1 aliphatic heterocycles. The van der Waals surface area contributed by atoms with Crippen molar-refractivity contribution in [3.63, 3.8) is 0 Å². The summed E-state index contributed by atoms with van der Waals surface area (Å²) in [4.78, 5) is 13.6. The van der Waals surface area contributed by atoms with Crippen LogP contribution < -0.4 is 5.73 Å². The van der Waals surface area contributed by atoms with Crippen LogP contribution in [0.15, 0.2) is 0 Å². The Labute approximate surface area is 108 Å². The van der Waals surface area contributed by atoms with Gasteiger partial charge in [0.15, 0.2) is 9.84 Å². The third kappa shape index (κ3) is 4.22. The Bertz CT molecular complexity index is 383. The van der Waals surface area contributed by atoms with Gasteiger partial charge in [-0.05, 0) is 18.9 Å². The number of rotatable bonds is 6. The van der Waals surface area contributed by atoms with Gasteiger partial charge in [-0.2, -0.15) is 0 Å². The van der Waals surface area contributed by atoms with Crippen LogP contribution in [0, 0.1) is 5.92 Å². The summed E-state index contributed by atoms with van der Waals surface area (Å²) >= 11 is 0. The van der Waals surface area contributed by atoms with Gasteiger partial charge < -0.3 is 15.7 Å². The molecule has 0 aliphatic carbocycles. The van der Waals surface area contributed by atoms with E-state index < -0.39 is 9.84 Å². The number of sulfone groups is 1. The quantitative estimate of drug-likeness (QED) is 0.647. The van der Waals surface area contributed by atoms with Crippen LogP contribution in [0.2, 0.25) is 0 Å². The van der Waals surface area contributed by atoms with E-state index in [2.05, 4.69) is 0 Å². The zero-order chi connectivity index (χ0) is 13.8. The maximum atomic E-state index is 12.1.